The van der Waals surface area contributed by atoms with Crippen molar-refractivity contribution in [1.82, 2.24) is 4.90 Å². The largest absolute Gasteiger partial charge is 0.387 e. The number of aliphatic hydroxyl groups is 1. The van der Waals surface area contributed by atoms with Crippen LogP contribution in [-0.2, 0) is 10.2 Å². The van der Waals surface area contributed by atoms with Crippen molar-refractivity contribution in [3.8, 4) is 0 Å². The third-order valence-electron chi connectivity index (χ3n) is 4.31. The molecule has 1 aliphatic heterocycles. The highest BCUT2D eigenvalue weighted by molar-refractivity contribution is 5.28. The predicted octanol–water partition coefficient (Wildman–Crippen LogP) is 3.13. The standard InChI is InChI=1S/C18H29NO2/c1-13-12-21-14(2)10-19(13)11-17(20)15-6-8-16(9-7-15)18(3,4)5/h6-9,13-14,17,20H,10-12H2,1-5H3. The van der Waals surface area contributed by atoms with E-state index >= 15 is 0 Å². The molecule has 0 amide bonds. The Morgan fingerprint density at radius 2 is 1.86 bits per heavy atom. The first kappa shape index (κ1) is 16.5. The molecule has 3 heteroatoms. The lowest BCUT2D eigenvalue weighted by Gasteiger charge is -2.37. The zero-order valence-electron chi connectivity index (χ0n) is 14.0. The molecule has 0 aromatic heterocycles. The van der Waals surface area contributed by atoms with E-state index in [0.717, 1.165) is 18.7 Å². The minimum atomic E-state index is -0.438. The molecule has 1 saturated heterocycles. The average molecular weight is 291 g/mol. The van der Waals surface area contributed by atoms with Crippen LogP contribution in [-0.4, -0.2) is 41.8 Å². The smallest absolute Gasteiger partial charge is 0.0917 e. The molecule has 3 unspecified atom stereocenters. The lowest BCUT2D eigenvalue weighted by molar-refractivity contribution is -0.0619. The van der Waals surface area contributed by atoms with Crippen LogP contribution in [0.1, 0.15) is 51.8 Å². The summed E-state index contributed by atoms with van der Waals surface area (Å²) in [5.74, 6) is 0. The number of nitrogens with zero attached hydrogens (tertiary/aromatic N) is 1. The number of β-amino-alcohol motifs (C(OH)–C–C–N with tert-alkyl or cyclic N) is 1. The van der Waals surface area contributed by atoms with Crippen LogP contribution in [0.3, 0.4) is 0 Å². The van der Waals surface area contributed by atoms with Gasteiger partial charge in [0.1, 0.15) is 0 Å². The van der Waals surface area contributed by atoms with E-state index in [4.69, 9.17) is 4.74 Å². The van der Waals surface area contributed by atoms with Crippen molar-refractivity contribution in [2.75, 3.05) is 19.7 Å². The molecule has 3 nitrogen and oxygen atoms in total. The van der Waals surface area contributed by atoms with Crippen molar-refractivity contribution in [2.24, 2.45) is 0 Å². The highest BCUT2D eigenvalue weighted by Crippen LogP contribution is 2.25. The molecule has 0 spiro atoms. The first-order valence-corrected chi connectivity index (χ1v) is 7.91. The maximum Gasteiger partial charge on any atom is 0.0917 e. The van der Waals surface area contributed by atoms with E-state index in [0.29, 0.717) is 12.6 Å². The molecule has 1 aromatic rings. The van der Waals surface area contributed by atoms with Gasteiger partial charge in [-0.25, -0.2) is 0 Å². The Morgan fingerprint density at radius 1 is 1.24 bits per heavy atom. The Balaban J connectivity index is 2.01. The third-order valence-corrected chi connectivity index (χ3v) is 4.31. The van der Waals surface area contributed by atoms with E-state index in [2.05, 4.69) is 63.8 Å². The van der Waals surface area contributed by atoms with Gasteiger partial charge in [0.05, 0.1) is 18.8 Å². The summed E-state index contributed by atoms with van der Waals surface area (Å²) in [7, 11) is 0. The van der Waals surface area contributed by atoms with Crippen molar-refractivity contribution in [3.05, 3.63) is 35.4 Å². The van der Waals surface area contributed by atoms with Crippen molar-refractivity contribution in [2.45, 2.75) is 58.3 Å². The van der Waals surface area contributed by atoms with Crippen molar-refractivity contribution < 1.29 is 9.84 Å². The molecule has 0 radical (unpaired) electrons. The summed E-state index contributed by atoms with van der Waals surface area (Å²) in [5.41, 5.74) is 2.44. The van der Waals surface area contributed by atoms with Gasteiger partial charge in [0.15, 0.2) is 0 Å². The molecule has 1 aliphatic rings. The van der Waals surface area contributed by atoms with Gasteiger partial charge in [0, 0.05) is 19.1 Å². The van der Waals surface area contributed by atoms with Crippen molar-refractivity contribution in [3.63, 3.8) is 0 Å². The quantitative estimate of drug-likeness (QED) is 0.928. The van der Waals surface area contributed by atoms with Crippen LogP contribution in [0.2, 0.25) is 0 Å². The van der Waals surface area contributed by atoms with Gasteiger partial charge in [-0.3, -0.25) is 4.90 Å². The Bertz CT molecular complexity index is 449. The number of hydrogen-bond donors (Lipinski definition) is 1. The Labute approximate surface area is 128 Å². The number of rotatable bonds is 3. The van der Waals surface area contributed by atoms with E-state index in [-0.39, 0.29) is 11.5 Å². The van der Waals surface area contributed by atoms with Crippen LogP contribution >= 0.6 is 0 Å². The van der Waals surface area contributed by atoms with Crippen molar-refractivity contribution >= 4 is 0 Å². The minimum Gasteiger partial charge on any atom is -0.387 e. The molecule has 2 rings (SSSR count). The summed E-state index contributed by atoms with van der Waals surface area (Å²) in [6.07, 6.45) is -0.191. The van der Waals surface area contributed by atoms with Crippen LogP contribution in [0.4, 0.5) is 0 Å². The molecule has 0 bridgehead atoms. The zero-order valence-corrected chi connectivity index (χ0v) is 14.0. The number of aliphatic hydroxyl groups excluding tert-OH is 1. The van der Waals surface area contributed by atoms with Crippen LogP contribution in [0, 0.1) is 0 Å². The van der Waals surface area contributed by atoms with Gasteiger partial charge in [0.25, 0.3) is 0 Å². The number of ether oxygens (including phenoxy) is 1. The number of benzene rings is 1. The molecule has 118 valence electrons. The summed E-state index contributed by atoms with van der Waals surface area (Å²) < 4.78 is 5.64. The molecular formula is C18H29NO2. The van der Waals surface area contributed by atoms with E-state index in [9.17, 15) is 5.11 Å². The van der Waals surface area contributed by atoms with E-state index in [1.165, 1.54) is 5.56 Å². The maximum atomic E-state index is 10.5. The molecule has 21 heavy (non-hydrogen) atoms. The third kappa shape index (κ3) is 4.29. The molecule has 1 aromatic carbocycles. The van der Waals surface area contributed by atoms with Gasteiger partial charge in [-0.15, -0.1) is 0 Å². The molecule has 3 atom stereocenters. The van der Waals surface area contributed by atoms with Crippen LogP contribution in [0.5, 0.6) is 0 Å². The monoisotopic (exact) mass is 291 g/mol. The Kier molecular flexibility index (Phi) is 5.07. The lowest BCUT2D eigenvalue weighted by atomic mass is 9.86. The number of hydrogen-bond acceptors (Lipinski definition) is 3. The summed E-state index contributed by atoms with van der Waals surface area (Å²) in [4.78, 5) is 2.32. The van der Waals surface area contributed by atoms with E-state index in [1.807, 2.05) is 0 Å². The lowest BCUT2D eigenvalue weighted by Crippen LogP contribution is -2.48. The SMILES string of the molecule is CC1CN(CC(O)c2ccc(C(C)(C)C)cc2)C(C)CO1. The van der Waals surface area contributed by atoms with Gasteiger partial charge in [-0.1, -0.05) is 45.0 Å². The topological polar surface area (TPSA) is 32.7 Å². The van der Waals surface area contributed by atoms with Crippen LogP contribution in [0.25, 0.3) is 0 Å². The fourth-order valence-corrected chi connectivity index (χ4v) is 2.76. The fourth-order valence-electron chi connectivity index (χ4n) is 2.76. The second-order valence-electron chi connectivity index (χ2n) is 7.33. The first-order valence-electron chi connectivity index (χ1n) is 7.91. The minimum absolute atomic E-state index is 0.150. The van der Waals surface area contributed by atoms with Gasteiger partial charge >= 0.3 is 0 Å². The Morgan fingerprint density at radius 3 is 2.43 bits per heavy atom. The second-order valence-corrected chi connectivity index (χ2v) is 7.33. The van der Waals surface area contributed by atoms with E-state index in [1.54, 1.807) is 0 Å². The summed E-state index contributed by atoms with van der Waals surface area (Å²) >= 11 is 0. The average Bonchev–Trinajstić information content (AvgIpc) is 2.42. The van der Waals surface area contributed by atoms with E-state index < -0.39 is 6.10 Å². The molecular weight excluding hydrogens is 262 g/mol. The van der Waals surface area contributed by atoms with Gasteiger partial charge in [-0.2, -0.15) is 0 Å². The van der Waals surface area contributed by atoms with Gasteiger partial charge in [-0.05, 0) is 30.4 Å². The highest BCUT2D eigenvalue weighted by atomic mass is 16.5. The normalized spacial score (nSPS) is 25.8. The van der Waals surface area contributed by atoms with Crippen LogP contribution in [0.15, 0.2) is 24.3 Å². The summed E-state index contributed by atoms with van der Waals surface area (Å²) in [6, 6.07) is 8.73. The molecule has 0 aliphatic carbocycles. The van der Waals surface area contributed by atoms with Gasteiger partial charge in [0.2, 0.25) is 0 Å². The summed E-state index contributed by atoms with van der Waals surface area (Å²) in [6.45, 7) is 13.2. The highest BCUT2D eigenvalue weighted by Gasteiger charge is 2.25. The Hall–Kier alpha value is -0.900. The first-order chi connectivity index (χ1) is 9.77. The van der Waals surface area contributed by atoms with Crippen LogP contribution < -0.4 is 0 Å². The molecule has 1 fully saturated rings. The fraction of sp³-hybridized carbons (Fsp3) is 0.667. The summed E-state index contributed by atoms with van der Waals surface area (Å²) in [5, 5.41) is 10.5. The zero-order chi connectivity index (χ0) is 15.6. The second kappa shape index (κ2) is 6.47. The van der Waals surface area contributed by atoms with Crippen molar-refractivity contribution in [1.29, 1.82) is 0 Å². The molecule has 0 saturated carbocycles. The number of morpholine rings is 1. The molecule has 1 heterocycles. The predicted molar refractivity (Wildman–Crippen MR) is 86.6 cm³/mol. The molecule has 1 N–H and O–H groups in total. The van der Waals surface area contributed by atoms with Gasteiger partial charge < -0.3 is 9.84 Å². The maximum absolute atomic E-state index is 10.5.